The zero-order valence-corrected chi connectivity index (χ0v) is 10.3. The van der Waals surface area contributed by atoms with Gasteiger partial charge < -0.3 is 5.11 Å². The van der Waals surface area contributed by atoms with E-state index >= 15 is 0 Å². The van der Waals surface area contributed by atoms with E-state index in [1.54, 1.807) is 0 Å². The normalized spacial score (nSPS) is 56.8. The van der Waals surface area contributed by atoms with Crippen molar-refractivity contribution >= 4 is 0 Å². The molecule has 0 aliphatic heterocycles. The van der Waals surface area contributed by atoms with E-state index in [1.807, 2.05) is 0 Å². The van der Waals surface area contributed by atoms with Crippen molar-refractivity contribution in [3.8, 4) is 0 Å². The lowest BCUT2D eigenvalue weighted by atomic mass is 9.49. The molecule has 1 spiro atoms. The van der Waals surface area contributed by atoms with Crippen molar-refractivity contribution in [2.75, 3.05) is 0 Å². The highest BCUT2D eigenvalue weighted by Gasteiger charge is 2.74. The first kappa shape index (κ1) is 10.1. The lowest BCUT2D eigenvalue weighted by molar-refractivity contribution is -0.0886. The molecule has 1 heteroatoms. The SMILES string of the molecule is CC1(C)CCC[C@@]2(C)CC[C@H](O)[C@@H]3C[C@]312. The maximum absolute atomic E-state index is 10.1. The van der Waals surface area contributed by atoms with E-state index in [4.69, 9.17) is 0 Å². The third-order valence-corrected chi connectivity index (χ3v) is 6.29. The minimum Gasteiger partial charge on any atom is -0.393 e. The molecule has 0 saturated heterocycles. The zero-order valence-electron chi connectivity index (χ0n) is 10.3. The summed E-state index contributed by atoms with van der Waals surface area (Å²) in [7, 11) is 0. The molecule has 3 rings (SSSR count). The molecule has 3 aliphatic rings. The second-order valence-electron chi connectivity index (χ2n) is 7.19. The molecule has 1 N–H and O–H groups in total. The highest BCUT2D eigenvalue weighted by atomic mass is 16.3. The van der Waals surface area contributed by atoms with Crippen LogP contribution in [0.15, 0.2) is 0 Å². The molecule has 15 heavy (non-hydrogen) atoms. The first-order chi connectivity index (χ1) is 6.93. The van der Waals surface area contributed by atoms with Crippen molar-refractivity contribution < 1.29 is 5.11 Å². The van der Waals surface area contributed by atoms with Crippen LogP contribution >= 0.6 is 0 Å². The Morgan fingerprint density at radius 3 is 2.53 bits per heavy atom. The van der Waals surface area contributed by atoms with E-state index in [1.165, 1.54) is 32.1 Å². The van der Waals surface area contributed by atoms with Crippen LogP contribution in [0, 0.1) is 22.2 Å². The fourth-order valence-electron chi connectivity index (χ4n) is 5.42. The Bertz CT molecular complexity index is 296. The molecule has 4 atom stereocenters. The number of aliphatic hydroxyl groups is 1. The molecule has 0 heterocycles. The zero-order chi connectivity index (χ0) is 10.9. The van der Waals surface area contributed by atoms with E-state index in [-0.39, 0.29) is 6.10 Å². The Labute approximate surface area is 93.3 Å². The van der Waals surface area contributed by atoms with Gasteiger partial charge in [0.1, 0.15) is 0 Å². The third-order valence-electron chi connectivity index (χ3n) is 6.29. The first-order valence-electron chi connectivity index (χ1n) is 6.61. The molecule has 0 aromatic rings. The molecular formula is C14H24O. The number of rotatable bonds is 0. The average Bonchev–Trinajstić information content (AvgIpc) is 2.88. The van der Waals surface area contributed by atoms with Gasteiger partial charge in [-0.1, -0.05) is 27.2 Å². The van der Waals surface area contributed by atoms with Crippen molar-refractivity contribution in [2.45, 2.75) is 65.4 Å². The highest BCUT2D eigenvalue weighted by molar-refractivity contribution is 5.23. The third kappa shape index (κ3) is 0.988. The summed E-state index contributed by atoms with van der Waals surface area (Å²) in [5, 5.41) is 10.1. The summed E-state index contributed by atoms with van der Waals surface area (Å²) in [5.74, 6) is 0.631. The molecule has 0 amide bonds. The fourth-order valence-corrected chi connectivity index (χ4v) is 5.42. The van der Waals surface area contributed by atoms with Crippen LogP contribution in [-0.4, -0.2) is 11.2 Å². The molecular weight excluding hydrogens is 184 g/mol. The second-order valence-corrected chi connectivity index (χ2v) is 7.19. The maximum Gasteiger partial charge on any atom is 0.0574 e. The van der Waals surface area contributed by atoms with Gasteiger partial charge in [-0.15, -0.1) is 0 Å². The largest absolute Gasteiger partial charge is 0.393 e. The van der Waals surface area contributed by atoms with Gasteiger partial charge in [-0.05, 0) is 54.3 Å². The lowest BCUT2D eigenvalue weighted by Crippen LogP contribution is -2.49. The predicted octanol–water partition coefficient (Wildman–Crippen LogP) is 3.36. The standard InChI is InChI=1S/C14H24O/c1-12(2)6-4-7-13(3)8-5-11(15)10-9-14(10,12)13/h10-11,15H,4-9H2,1-3H3/t10-,11-,13-,14-/m0/s1. The van der Waals surface area contributed by atoms with E-state index in [9.17, 15) is 5.11 Å². The van der Waals surface area contributed by atoms with Gasteiger partial charge in [0.25, 0.3) is 0 Å². The number of hydrogen-bond acceptors (Lipinski definition) is 1. The van der Waals surface area contributed by atoms with Crippen LogP contribution in [0.25, 0.3) is 0 Å². The van der Waals surface area contributed by atoms with Crippen molar-refractivity contribution in [1.82, 2.24) is 0 Å². The smallest absolute Gasteiger partial charge is 0.0574 e. The van der Waals surface area contributed by atoms with Gasteiger partial charge >= 0.3 is 0 Å². The molecule has 0 unspecified atom stereocenters. The predicted molar refractivity (Wildman–Crippen MR) is 61.5 cm³/mol. The lowest BCUT2D eigenvalue weighted by Gasteiger charge is -2.56. The van der Waals surface area contributed by atoms with E-state index in [0.29, 0.717) is 22.2 Å². The summed E-state index contributed by atoms with van der Waals surface area (Å²) < 4.78 is 0. The van der Waals surface area contributed by atoms with Crippen molar-refractivity contribution in [1.29, 1.82) is 0 Å². The van der Waals surface area contributed by atoms with Crippen LogP contribution in [0.3, 0.4) is 0 Å². The van der Waals surface area contributed by atoms with E-state index in [2.05, 4.69) is 20.8 Å². The molecule has 1 nitrogen and oxygen atoms in total. The Kier molecular flexibility index (Phi) is 1.77. The molecule has 3 fully saturated rings. The van der Waals surface area contributed by atoms with Crippen LogP contribution in [0.2, 0.25) is 0 Å². The Morgan fingerprint density at radius 2 is 1.80 bits per heavy atom. The molecule has 0 bridgehead atoms. The van der Waals surface area contributed by atoms with Gasteiger partial charge in [0.15, 0.2) is 0 Å². The average molecular weight is 208 g/mol. The minimum atomic E-state index is 0.00968. The number of aliphatic hydroxyl groups excluding tert-OH is 1. The summed E-state index contributed by atoms with van der Waals surface area (Å²) >= 11 is 0. The monoisotopic (exact) mass is 208 g/mol. The molecule has 0 aromatic heterocycles. The van der Waals surface area contributed by atoms with Crippen molar-refractivity contribution in [2.24, 2.45) is 22.2 Å². The van der Waals surface area contributed by atoms with Gasteiger partial charge in [0.05, 0.1) is 6.10 Å². The van der Waals surface area contributed by atoms with Gasteiger partial charge in [-0.3, -0.25) is 0 Å². The van der Waals surface area contributed by atoms with Crippen LogP contribution in [-0.2, 0) is 0 Å². The number of hydrogen-bond donors (Lipinski definition) is 1. The molecule has 3 saturated carbocycles. The van der Waals surface area contributed by atoms with Crippen LogP contribution in [0.5, 0.6) is 0 Å². The molecule has 3 aliphatic carbocycles. The molecule has 0 aromatic carbocycles. The quantitative estimate of drug-likeness (QED) is 0.647. The second kappa shape index (κ2) is 2.61. The van der Waals surface area contributed by atoms with Gasteiger partial charge in [0.2, 0.25) is 0 Å². The van der Waals surface area contributed by atoms with Crippen LogP contribution in [0.1, 0.15) is 59.3 Å². The van der Waals surface area contributed by atoms with Gasteiger partial charge in [-0.25, -0.2) is 0 Å². The maximum atomic E-state index is 10.1. The summed E-state index contributed by atoms with van der Waals surface area (Å²) in [6.07, 6.45) is 7.79. The summed E-state index contributed by atoms with van der Waals surface area (Å²) in [5.41, 5.74) is 1.50. The van der Waals surface area contributed by atoms with Crippen molar-refractivity contribution in [3.63, 3.8) is 0 Å². The van der Waals surface area contributed by atoms with Gasteiger partial charge in [-0.2, -0.15) is 0 Å². The van der Waals surface area contributed by atoms with Crippen LogP contribution in [0.4, 0.5) is 0 Å². The minimum absolute atomic E-state index is 0.00968. The Hall–Kier alpha value is -0.0400. The highest BCUT2D eigenvalue weighted by Crippen LogP contribution is 2.80. The Morgan fingerprint density at radius 1 is 1.07 bits per heavy atom. The fraction of sp³-hybridized carbons (Fsp3) is 1.00. The topological polar surface area (TPSA) is 20.2 Å². The summed E-state index contributed by atoms with van der Waals surface area (Å²) in [4.78, 5) is 0. The Balaban J connectivity index is 2.03. The first-order valence-corrected chi connectivity index (χ1v) is 6.61. The summed E-state index contributed by atoms with van der Waals surface area (Å²) in [6, 6.07) is 0. The van der Waals surface area contributed by atoms with Crippen molar-refractivity contribution in [3.05, 3.63) is 0 Å². The molecule has 0 radical (unpaired) electrons. The molecule has 86 valence electrons. The summed E-state index contributed by atoms with van der Waals surface area (Å²) in [6.45, 7) is 7.39. The van der Waals surface area contributed by atoms with E-state index < -0.39 is 0 Å². The van der Waals surface area contributed by atoms with E-state index in [0.717, 1.165) is 6.42 Å². The van der Waals surface area contributed by atoms with Gasteiger partial charge in [0, 0.05) is 0 Å². The van der Waals surface area contributed by atoms with Crippen LogP contribution < -0.4 is 0 Å².